The van der Waals surface area contributed by atoms with E-state index in [1.54, 1.807) is 6.07 Å². The molecule has 0 aliphatic carbocycles. The number of likely N-dealkylation sites (tertiary alicyclic amines) is 1. The molecule has 1 aliphatic heterocycles. The largest absolute Gasteiger partial charge is 0.387 e. The molecule has 4 nitrogen and oxygen atoms in total. The van der Waals surface area contributed by atoms with Crippen LogP contribution in [0, 0.1) is 11.6 Å². The van der Waals surface area contributed by atoms with Crippen molar-refractivity contribution in [1.29, 1.82) is 0 Å². The molecule has 0 saturated carbocycles. The van der Waals surface area contributed by atoms with Gasteiger partial charge in [0.05, 0.1) is 6.10 Å². The Balaban J connectivity index is 1.49. The number of carbonyl (C=O) groups excluding carboxylic acids is 1. The van der Waals surface area contributed by atoms with Gasteiger partial charge in [-0.1, -0.05) is 0 Å². The van der Waals surface area contributed by atoms with Crippen LogP contribution in [0.4, 0.5) is 8.78 Å². The highest BCUT2D eigenvalue weighted by molar-refractivity contribution is 7.08. The first-order valence-corrected chi connectivity index (χ1v) is 9.15. The summed E-state index contributed by atoms with van der Waals surface area (Å²) in [6.45, 7) is 1.61. The van der Waals surface area contributed by atoms with E-state index in [-0.39, 0.29) is 24.1 Å². The molecule has 1 unspecified atom stereocenters. The maximum Gasteiger partial charge on any atom is 0.252 e. The van der Waals surface area contributed by atoms with E-state index >= 15 is 0 Å². The van der Waals surface area contributed by atoms with Crippen LogP contribution in [0.5, 0.6) is 0 Å². The first-order chi connectivity index (χ1) is 12.0. The lowest BCUT2D eigenvalue weighted by Gasteiger charge is -2.33. The predicted molar refractivity (Wildman–Crippen MR) is 92.6 cm³/mol. The fourth-order valence-corrected chi connectivity index (χ4v) is 3.67. The van der Waals surface area contributed by atoms with Crippen molar-refractivity contribution in [3.63, 3.8) is 0 Å². The molecule has 1 aliphatic rings. The Morgan fingerprint density at radius 2 is 2.08 bits per heavy atom. The minimum absolute atomic E-state index is 0.0205. The first kappa shape index (κ1) is 18.0. The number of halogens is 2. The van der Waals surface area contributed by atoms with Gasteiger partial charge in [-0.25, -0.2) is 8.78 Å². The van der Waals surface area contributed by atoms with Crippen LogP contribution >= 0.6 is 11.3 Å². The number of piperidine rings is 1. The van der Waals surface area contributed by atoms with Gasteiger partial charge in [0.1, 0.15) is 11.6 Å². The number of carbonyl (C=O) groups is 1. The number of hydrogen-bond acceptors (Lipinski definition) is 4. The van der Waals surface area contributed by atoms with Crippen LogP contribution in [0.3, 0.4) is 0 Å². The number of rotatable bonds is 5. The van der Waals surface area contributed by atoms with Gasteiger partial charge in [-0.15, -0.1) is 0 Å². The van der Waals surface area contributed by atoms with E-state index < -0.39 is 17.7 Å². The standard InChI is InChI=1S/C18H20F2N2O2S/c19-13-1-2-16(20)15(9-13)17(23)10-22-6-3-14(4-7-22)21-18(24)12-5-8-25-11-12/h1-2,5,8-9,11,14,17,23H,3-4,6-7,10H2,(H,21,24). The maximum atomic E-state index is 13.7. The summed E-state index contributed by atoms with van der Waals surface area (Å²) >= 11 is 1.48. The molecule has 1 amide bonds. The Morgan fingerprint density at radius 3 is 2.76 bits per heavy atom. The second-order valence-electron chi connectivity index (χ2n) is 6.24. The number of nitrogens with zero attached hydrogens (tertiary/aromatic N) is 1. The molecule has 2 aromatic rings. The molecule has 1 saturated heterocycles. The highest BCUT2D eigenvalue weighted by Gasteiger charge is 2.24. The van der Waals surface area contributed by atoms with Crippen LogP contribution in [0.15, 0.2) is 35.0 Å². The third kappa shape index (κ3) is 4.62. The molecule has 3 rings (SSSR count). The Hall–Kier alpha value is -1.83. The number of benzene rings is 1. The maximum absolute atomic E-state index is 13.7. The molecular weight excluding hydrogens is 346 g/mol. The van der Waals surface area contributed by atoms with Gasteiger partial charge in [-0.05, 0) is 42.5 Å². The summed E-state index contributed by atoms with van der Waals surface area (Å²) in [4.78, 5) is 14.1. The van der Waals surface area contributed by atoms with Crippen molar-refractivity contribution in [1.82, 2.24) is 10.2 Å². The lowest BCUT2D eigenvalue weighted by molar-refractivity contribution is 0.0817. The first-order valence-electron chi connectivity index (χ1n) is 8.21. The smallest absolute Gasteiger partial charge is 0.252 e. The molecule has 1 fully saturated rings. The molecule has 7 heteroatoms. The lowest BCUT2D eigenvalue weighted by atomic mass is 10.0. The van der Waals surface area contributed by atoms with Crippen LogP contribution in [0.1, 0.15) is 34.9 Å². The van der Waals surface area contributed by atoms with Crippen LogP contribution in [-0.4, -0.2) is 41.6 Å². The molecule has 2 N–H and O–H groups in total. The summed E-state index contributed by atoms with van der Waals surface area (Å²) < 4.78 is 27.0. The lowest BCUT2D eigenvalue weighted by Crippen LogP contribution is -2.45. The minimum atomic E-state index is -1.08. The number of nitrogens with one attached hydrogen (secondary N) is 1. The Morgan fingerprint density at radius 1 is 1.32 bits per heavy atom. The van der Waals surface area contributed by atoms with E-state index in [2.05, 4.69) is 5.32 Å². The van der Waals surface area contributed by atoms with Crippen molar-refractivity contribution < 1.29 is 18.7 Å². The zero-order chi connectivity index (χ0) is 17.8. The Bertz CT molecular complexity index is 716. The number of thiophene rings is 1. The summed E-state index contributed by atoms with van der Waals surface area (Å²) in [6, 6.07) is 4.98. The van der Waals surface area contributed by atoms with Gasteiger partial charge in [0, 0.05) is 42.2 Å². The van der Waals surface area contributed by atoms with Crippen molar-refractivity contribution >= 4 is 17.2 Å². The van der Waals surface area contributed by atoms with E-state index in [1.165, 1.54) is 11.3 Å². The summed E-state index contributed by atoms with van der Waals surface area (Å²) in [7, 11) is 0. The van der Waals surface area contributed by atoms with Crippen molar-refractivity contribution in [2.75, 3.05) is 19.6 Å². The molecular formula is C18H20F2N2O2S. The van der Waals surface area contributed by atoms with Crippen LogP contribution in [0.25, 0.3) is 0 Å². The Labute approximate surface area is 149 Å². The summed E-state index contributed by atoms with van der Waals surface area (Å²) in [5.74, 6) is -1.24. The molecule has 134 valence electrons. The monoisotopic (exact) mass is 366 g/mol. The van der Waals surface area contributed by atoms with Gasteiger partial charge >= 0.3 is 0 Å². The minimum Gasteiger partial charge on any atom is -0.387 e. The average molecular weight is 366 g/mol. The van der Waals surface area contributed by atoms with Gasteiger partial charge in [-0.3, -0.25) is 4.79 Å². The third-order valence-electron chi connectivity index (χ3n) is 4.45. The predicted octanol–water partition coefficient (Wildman–Crippen LogP) is 2.95. The van der Waals surface area contributed by atoms with E-state index in [0.29, 0.717) is 18.7 Å². The van der Waals surface area contributed by atoms with Gasteiger partial charge in [0.25, 0.3) is 5.91 Å². The third-order valence-corrected chi connectivity index (χ3v) is 5.14. The fraction of sp³-hybridized carbons (Fsp3) is 0.389. The number of hydrogen-bond donors (Lipinski definition) is 2. The molecule has 2 heterocycles. The van der Waals surface area contributed by atoms with E-state index in [9.17, 15) is 18.7 Å². The number of aliphatic hydroxyl groups is 1. The molecule has 0 bridgehead atoms. The second-order valence-corrected chi connectivity index (χ2v) is 7.02. The number of aliphatic hydroxyl groups excluding tert-OH is 1. The highest BCUT2D eigenvalue weighted by Crippen LogP contribution is 2.21. The van der Waals surface area contributed by atoms with E-state index in [0.717, 1.165) is 31.0 Å². The summed E-state index contributed by atoms with van der Waals surface area (Å²) in [6.07, 6.45) is 0.440. The molecule has 1 atom stereocenters. The van der Waals surface area contributed by atoms with E-state index in [4.69, 9.17) is 0 Å². The Kier molecular flexibility index (Phi) is 5.78. The molecule has 1 aromatic heterocycles. The number of amides is 1. The van der Waals surface area contributed by atoms with Gasteiger partial charge in [-0.2, -0.15) is 11.3 Å². The van der Waals surface area contributed by atoms with Gasteiger partial charge in [0.15, 0.2) is 0 Å². The van der Waals surface area contributed by atoms with Crippen LogP contribution in [0.2, 0.25) is 0 Å². The normalized spacial score (nSPS) is 17.4. The van der Waals surface area contributed by atoms with Crippen LogP contribution in [-0.2, 0) is 0 Å². The number of β-amino-alcohol motifs (C(OH)–C–C–N with tert-alkyl or cyclic N) is 1. The van der Waals surface area contributed by atoms with Crippen molar-refractivity contribution in [3.8, 4) is 0 Å². The second kappa shape index (κ2) is 8.03. The fourth-order valence-electron chi connectivity index (χ4n) is 3.04. The average Bonchev–Trinajstić information content (AvgIpc) is 3.13. The summed E-state index contributed by atoms with van der Waals surface area (Å²) in [5.41, 5.74) is 0.650. The highest BCUT2D eigenvalue weighted by atomic mass is 32.1. The SMILES string of the molecule is O=C(NC1CCN(CC(O)c2cc(F)ccc2F)CC1)c1ccsc1. The summed E-state index contributed by atoms with van der Waals surface area (Å²) in [5, 5.41) is 16.9. The van der Waals surface area contributed by atoms with Gasteiger partial charge in [0.2, 0.25) is 0 Å². The molecule has 1 aromatic carbocycles. The molecule has 0 radical (unpaired) electrons. The zero-order valence-corrected chi connectivity index (χ0v) is 14.4. The quantitative estimate of drug-likeness (QED) is 0.855. The van der Waals surface area contributed by atoms with Crippen LogP contribution < -0.4 is 5.32 Å². The van der Waals surface area contributed by atoms with E-state index in [1.807, 2.05) is 15.7 Å². The zero-order valence-electron chi connectivity index (χ0n) is 13.6. The molecule has 0 spiro atoms. The molecule has 25 heavy (non-hydrogen) atoms. The van der Waals surface area contributed by atoms with Gasteiger partial charge < -0.3 is 15.3 Å². The van der Waals surface area contributed by atoms with Crippen molar-refractivity contribution in [2.24, 2.45) is 0 Å². The van der Waals surface area contributed by atoms with Crippen molar-refractivity contribution in [2.45, 2.75) is 25.0 Å². The topological polar surface area (TPSA) is 52.6 Å². The van der Waals surface area contributed by atoms with Crippen molar-refractivity contribution in [3.05, 3.63) is 57.8 Å².